The van der Waals surface area contributed by atoms with Crippen molar-refractivity contribution in [1.82, 2.24) is 20.2 Å². The molecule has 2 amide bonds. The van der Waals surface area contributed by atoms with Crippen molar-refractivity contribution in [3.05, 3.63) is 57.4 Å². The van der Waals surface area contributed by atoms with Crippen LogP contribution in [0.5, 0.6) is 5.75 Å². The van der Waals surface area contributed by atoms with Crippen molar-refractivity contribution in [2.75, 3.05) is 12.3 Å². The van der Waals surface area contributed by atoms with Crippen LogP contribution in [0, 0.1) is 0 Å². The summed E-state index contributed by atoms with van der Waals surface area (Å²) in [6, 6.07) is 2.63. The molecule has 12 heteroatoms. The van der Waals surface area contributed by atoms with Crippen LogP contribution in [0.1, 0.15) is 24.1 Å². The van der Waals surface area contributed by atoms with Crippen LogP contribution in [0.2, 0.25) is 10.0 Å². The number of anilines is 1. The minimum Gasteiger partial charge on any atom is -0.492 e. The van der Waals surface area contributed by atoms with Crippen molar-refractivity contribution >= 4 is 35.2 Å². The Kier molecular flexibility index (Phi) is 6.40. The highest BCUT2D eigenvalue weighted by molar-refractivity contribution is 6.37. The molecule has 0 saturated heterocycles. The van der Waals surface area contributed by atoms with Gasteiger partial charge in [0.2, 0.25) is 5.95 Å². The molecule has 1 aromatic heterocycles. The molecule has 0 bridgehead atoms. The van der Waals surface area contributed by atoms with E-state index in [-0.39, 0.29) is 53.9 Å². The number of halogens is 5. The minimum atomic E-state index is -4.26. The first-order valence-electron chi connectivity index (χ1n) is 9.89. The van der Waals surface area contributed by atoms with Gasteiger partial charge in [-0.2, -0.15) is 13.2 Å². The molecule has 0 spiro atoms. The number of fused-ring (bicyclic) bond motifs is 1. The van der Waals surface area contributed by atoms with Gasteiger partial charge in [0.15, 0.2) is 0 Å². The average molecular weight is 500 g/mol. The second-order valence-electron chi connectivity index (χ2n) is 7.45. The van der Waals surface area contributed by atoms with E-state index in [0.717, 1.165) is 0 Å². The van der Waals surface area contributed by atoms with E-state index in [4.69, 9.17) is 33.7 Å². The third-order valence-corrected chi connectivity index (χ3v) is 5.64. The summed E-state index contributed by atoms with van der Waals surface area (Å²) in [6.07, 6.45) is -0.0952. The summed E-state index contributed by atoms with van der Waals surface area (Å²) in [6.45, 7) is 0.265. The van der Waals surface area contributed by atoms with Gasteiger partial charge >= 0.3 is 12.2 Å². The molecule has 0 radical (unpaired) electrons. The van der Waals surface area contributed by atoms with E-state index in [1.807, 2.05) is 6.08 Å². The predicted octanol–water partition coefficient (Wildman–Crippen LogP) is 5.23. The highest BCUT2D eigenvalue weighted by Gasteiger charge is 2.30. The zero-order valence-electron chi connectivity index (χ0n) is 17.0. The van der Waals surface area contributed by atoms with Crippen molar-refractivity contribution in [3.63, 3.8) is 0 Å². The summed E-state index contributed by atoms with van der Waals surface area (Å²) in [7, 11) is 0. The van der Waals surface area contributed by atoms with Crippen molar-refractivity contribution in [2.24, 2.45) is 0 Å². The van der Waals surface area contributed by atoms with E-state index in [1.165, 1.54) is 12.1 Å². The fourth-order valence-corrected chi connectivity index (χ4v) is 3.92. The van der Waals surface area contributed by atoms with Gasteiger partial charge in [0.05, 0.1) is 41.1 Å². The number of hydrogen-bond donors (Lipinski definition) is 2. The fraction of sp³-hybridized carbons (Fsp3) is 0.286. The first-order chi connectivity index (χ1) is 15.6. The van der Waals surface area contributed by atoms with Gasteiger partial charge in [-0.25, -0.2) is 14.8 Å². The smallest absolute Gasteiger partial charge is 0.389 e. The number of nitrogens with one attached hydrogen (secondary N) is 1. The third kappa shape index (κ3) is 5.33. The number of nitrogens with two attached hydrogens (primary N) is 1. The number of hydrogen-bond acceptors (Lipinski definition) is 5. The maximum Gasteiger partial charge on any atom is 0.389 e. The molecule has 7 nitrogen and oxygen atoms in total. The van der Waals surface area contributed by atoms with Gasteiger partial charge in [0.25, 0.3) is 0 Å². The molecule has 0 unspecified atom stereocenters. The Balaban J connectivity index is 1.58. The van der Waals surface area contributed by atoms with Crippen LogP contribution in [0.25, 0.3) is 11.3 Å². The van der Waals surface area contributed by atoms with Crippen LogP contribution in [0.4, 0.5) is 23.9 Å². The largest absolute Gasteiger partial charge is 0.492 e. The van der Waals surface area contributed by atoms with Gasteiger partial charge in [0, 0.05) is 23.2 Å². The van der Waals surface area contributed by atoms with Gasteiger partial charge < -0.3 is 20.7 Å². The normalized spacial score (nSPS) is 14.6. The minimum absolute atomic E-state index is 0.00527. The number of nitrogen functional groups attached to an aromatic ring is 1. The lowest BCUT2D eigenvalue weighted by molar-refractivity contribution is -0.136. The summed E-state index contributed by atoms with van der Waals surface area (Å²) in [5.41, 5.74) is 8.65. The molecule has 0 fully saturated rings. The Morgan fingerprint density at radius 1 is 1.21 bits per heavy atom. The van der Waals surface area contributed by atoms with Crippen LogP contribution in [-0.2, 0) is 13.1 Å². The van der Waals surface area contributed by atoms with Crippen molar-refractivity contribution in [2.45, 2.75) is 32.1 Å². The van der Waals surface area contributed by atoms with E-state index in [2.05, 4.69) is 15.3 Å². The molecule has 174 valence electrons. The molecular weight excluding hydrogens is 482 g/mol. The second kappa shape index (κ2) is 9.11. The lowest BCUT2D eigenvalue weighted by atomic mass is 10.1. The highest BCUT2D eigenvalue weighted by atomic mass is 35.5. The van der Waals surface area contributed by atoms with E-state index in [1.54, 1.807) is 17.1 Å². The molecule has 1 aliphatic carbocycles. The number of ether oxygens (including phenoxy) is 1. The summed E-state index contributed by atoms with van der Waals surface area (Å²) in [5.74, 6) is 0.162. The van der Waals surface area contributed by atoms with Gasteiger partial charge in [0.1, 0.15) is 5.75 Å². The van der Waals surface area contributed by atoms with Crippen LogP contribution < -0.4 is 15.8 Å². The molecule has 1 aromatic carbocycles. The number of benzene rings is 1. The summed E-state index contributed by atoms with van der Waals surface area (Å²) >= 11 is 12.6. The quantitative estimate of drug-likeness (QED) is 0.530. The molecule has 2 heterocycles. The van der Waals surface area contributed by atoms with Crippen LogP contribution in [0.3, 0.4) is 0 Å². The highest BCUT2D eigenvalue weighted by Crippen LogP contribution is 2.40. The van der Waals surface area contributed by atoms with Gasteiger partial charge in [-0.05, 0) is 30.7 Å². The Hall–Kier alpha value is -2.98. The van der Waals surface area contributed by atoms with E-state index in [0.29, 0.717) is 28.2 Å². The van der Waals surface area contributed by atoms with Crippen molar-refractivity contribution in [1.29, 1.82) is 0 Å². The first kappa shape index (κ1) is 23.2. The van der Waals surface area contributed by atoms with E-state index < -0.39 is 12.6 Å². The van der Waals surface area contributed by atoms with E-state index in [9.17, 15) is 18.0 Å². The number of rotatable bonds is 6. The number of nitrogens with zero attached hydrogens (tertiary/aromatic N) is 3. The Bertz CT molecular complexity index is 1170. The molecule has 1 aliphatic heterocycles. The fourth-order valence-electron chi connectivity index (χ4n) is 3.39. The molecular formula is C21H18Cl2F3N5O2. The molecule has 2 aliphatic rings. The molecule has 4 rings (SSSR count). The van der Waals surface area contributed by atoms with Crippen molar-refractivity contribution < 1.29 is 22.7 Å². The summed E-state index contributed by atoms with van der Waals surface area (Å²) in [5, 5.41) is 3.17. The third-order valence-electron chi connectivity index (χ3n) is 5.03. The number of urea groups is 1. The monoisotopic (exact) mass is 499 g/mol. The van der Waals surface area contributed by atoms with Gasteiger partial charge in [-0.3, -0.25) is 0 Å². The first-order valence-corrected chi connectivity index (χ1v) is 10.6. The molecule has 33 heavy (non-hydrogen) atoms. The average Bonchev–Trinajstić information content (AvgIpc) is 3.12. The van der Waals surface area contributed by atoms with Crippen LogP contribution in [-0.4, -0.2) is 33.7 Å². The molecule has 2 aromatic rings. The Morgan fingerprint density at radius 3 is 2.64 bits per heavy atom. The van der Waals surface area contributed by atoms with Crippen LogP contribution >= 0.6 is 23.2 Å². The van der Waals surface area contributed by atoms with E-state index >= 15 is 0 Å². The standard InChI is InChI=1S/C21H18Cl2F3N5O2/c22-14-8-15(23)17(33-6-2-5-21(24,25)26)7-12(14)18-13-9-31(10-16(13)29-19(27)30-18)20(32)28-11-3-1-4-11/h1,3-4,7-8H,2,5-6,9-10H2,(H,28,32)(H2,27,29,30). The number of allylic oxidation sites excluding steroid dienone is 3. The second-order valence-corrected chi connectivity index (χ2v) is 8.27. The summed E-state index contributed by atoms with van der Waals surface area (Å²) < 4.78 is 42.6. The lowest BCUT2D eigenvalue weighted by Gasteiger charge is -2.18. The van der Waals surface area contributed by atoms with Gasteiger partial charge in [-0.1, -0.05) is 29.3 Å². The maximum absolute atomic E-state index is 12.5. The van der Waals surface area contributed by atoms with Crippen molar-refractivity contribution in [3.8, 4) is 17.0 Å². The topological polar surface area (TPSA) is 93.4 Å². The van der Waals surface area contributed by atoms with Crippen LogP contribution in [0.15, 0.2) is 36.1 Å². The molecule has 3 N–H and O–H groups in total. The number of carbonyl (C=O) groups is 1. The lowest BCUT2D eigenvalue weighted by Crippen LogP contribution is -2.36. The molecule has 0 atom stereocenters. The number of carbonyl (C=O) groups excluding carboxylic acids is 1. The Morgan fingerprint density at radius 2 is 1.97 bits per heavy atom. The number of aromatic nitrogens is 2. The zero-order chi connectivity index (χ0) is 23.8. The number of alkyl halides is 3. The molecule has 0 saturated carbocycles. The number of amides is 2. The predicted molar refractivity (Wildman–Crippen MR) is 118 cm³/mol. The summed E-state index contributed by atoms with van der Waals surface area (Å²) in [4.78, 5) is 22.7. The Labute approximate surface area is 197 Å². The zero-order valence-corrected chi connectivity index (χ0v) is 18.6. The SMILES string of the molecule is Nc1nc2c(c(-c3cc(OCCCC(F)(F)F)c(Cl)cc3Cl)n1)CN(C(=O)NC1=CC=C1)C2. The maximum atomic E-state index is 12.5. The van der Waals surface area contributed by atoms with Gasteiger partial charge in [-0.15, -0.1) is 0 Å².